The summed E-state index contributed by atoms with van der Waals surface area (Å²) in [6.45, 7) is 9.16. The van der Waals surface area contributed by atoms with Gasteiger partial charge in [-0.15, -0.1) is 0 Å². The van der Waals surface area contributed by atoms with Crippen molar-refractivity contribution in [1.29, 1.82) is 0 Å². The summed E-state index contributed by atoms with van der Waals surface area (Å²) in [7, 11) is 0. The number of rotatable bonds is 3. The highest BCUT2D eigenvalue weighted by atomic mass is 35.5. The third-order valence-corrected chi connectivity index (χ3v) is 4.44. The molecule has 17 heavy (non-hydrogen) atoms. The molecule has 1 saturated carbocycles. The number of nitrogens with zero attached hydrogens (tertiary/aromatic N) is 1. The van der Waals surface area contributed by atoms with Gasteiger partial charge in [0.1, 0.15) is 0 Å². The molecule has 2 atom stereocenters. The summed E-state index contributed by atoms with van der Waals surface area (Å²) in [6, 6.07) is 1.24. The van der Waals surface area contributed by atoms with Gasteiger partial charge >= 0.3 is 0 Å². The first-order valence-electron chi connectivity index (χ1n) is 6.97. The first-order valence-corrected chi connectivity index (χ1v) is 7.35. The van der Waals surface area contributed by atoms with Gasteiger partial charge in [-0.25, -0.2) is 0 Å². The number of hydrogen-bond acceptors (Lipinski definition) is 2. The lowest BCUT2D eigenvalue weighted by Gasteiger charge is -2.42. The minimum Gasteiger partial charge on any atom is -0.311 e. The predicted molar refractivity (Wildman–Crippen MR) is 74.4 cm³/mol. The van der Waals surface area contributed by atoms with Gasteiger partial charge < -0.3 is 5.32 Å². The van der Waals surface area contributed by atoms with Gasteiger partial charge in [0, 0.05) is 36.8 Å². The Morgan fingerprint density at radius 1 is 1.35 bits per heavy atom. The number of nitrogens with one attached hydrogen (secondary N) is 1. The topological polar surface area (TPSA) is 15.3 Å². The molecule has 1 saturated heterocycles. The van der Waals surface area contributed by atoms with E-state index in [2.05, 4.69) is 23.7 Å². The molecule has 1 aliphatic carbocycles. The molecular weight excluding hydrogens is 232 g/mol. The van der Waals surface area contributed by atoms with Gasteiger partial charge in [-0.2, -0.15) is 0 Å². The van der Waals surface area contributed by atoms with Crippen molar-refractivity contribution < 1.29 is 0 Å². The van der Waals surface area contributed by atoms with Crippen LogP contribution >= 0.6 is 11.6 Å². The van der Waals surface area contributed by atoms with Crippen LogP contribution < -0.4 is 5.32 Å². The van der Waals surface area contributed by atoms with Crippen LogP contribution in [0.5, 0.6) is 0 Å². The Labute approximate surface area is 110 Å². The largest absolute Gasteiger partial charge is 0.311 e. The van der Waals surface area contributed by atoms with Gasteiger partial charge in [0.15, 0.2) is 0 Å². The van der Waals surface area contributed by atoms with Crippen LogP contribution in [0, 0.1) is 5.92 Å². The van der Waals surface area contributed by atoms with Crippen LogP contribution in [0.1, 0.15) is 39.0 Å². The molecule has 98 valence electrons. The summed E-state index contributed by atoms with van der Waals surface area (Å²) in [5.74, 6) is 0.877. The van der Waals surface area contributed by atoms with Gasteiger partial charge in [0.05, 0.1) is 0 Å². The Hall–Kier alpha value is -0.0500. The van der Waals surface area contributed by atoms with E-state index in [-0.39, 0.29) is 0 Å². The van der Waals surface area contributed by atoms with Crippen molar-refractivity contribution in [3.8, 4) is 0 Å². The first kappa shape index (κ1) is 13.4. The normalized spacial score (nSPS) is 32.6. The van der Waals surface area contributed by atoms with Gasteiger partial charge in [0.25, 0.3) is 0 Å². The van der Waals surface area contributed by atoms with Crippen LogP contribution in [0.2, 0.25) is 0 Å². The van der Waals surface area contributed by atoms with Gasteiger partial charge in [0.2, 0.25) is 0 Å². The molecular formula is C14H25ClN2. The van der Waals surface area contributed by atoms with E-state index in [1.54, 1.807) is 0 Å². The average molecular weight is 257 g/mol. The Balaban J connectivity index is 1.89. The molecule has 2 unspecified atom stereocenters. The molecule has 0 bridgehead atoms. The molecule has 1 heterocycles. The van der Waals surface area contributed by atoms with E-state index in [1.165, 1.54) is 32.1 Å². The lowest BCUT2D eigenvalue weighted by atomic mass is 9.82. The van der Waals surface area contributed by atoms with Crippen LogP contribution in [0.3, 0.4) is 0 Å². The van der Waals surface area contributed by atoms with E-state index in [4.69, 9.17) is 11.6 Å². The van der Waals surface area contributed by atoms with Crippen LogP contribution in [0.4, 0.5) is 0 Å². The maximum Gasteiger partial charge on any atom is 0.0339 e. The molecule has 2 nitrogen and oxygen atoms in total. The second-order valence-electron chi connectivity index (χ2n) is 5.71. The Morgan fingerprint density at radius 3 is 2.71 bits per heavy atom. The maximum atomic E-state index is 5.95. The van der Waals surface area contributed by atoms with Crippen LogP contribution in [-0.4, -0.2) is 36.6 Å². The lowest BCUT2D eigenvalue weighted by molar-refractivity contribution is 0.114. The van der Waals surface area contributed by atoms with E-state index in [1.807, 2.05) is 0 Å². The minimum atomic E-state index is 0.574. The Morgan fingerprint density at radius 2 is 2.06 bits per heavy atom. The van der Waals surface area contributed by atoms with Crippen molar-refractivity contribution in [1.82, 2.24) is 10.2 Å². The standard InChI is InChI=1S/C14H25ClN2/c1-11(15)9-17-10-14(16-8-12(17)2)13-6-4-3-5-7-13/h12-14,16H,1,3-10H2,2H3. The zero-order chi connectivity index (χ0) is 12.3. The molecule has 0 amide bonds. The zero-order valence-corrected chi connectivity index (χ0v) is 11.7. The highest BCUT2D eigenvalue weighted by Crippen LogP contribution is 2.28. The third kappa shape index (κ3) is 3.70. The minimum absolute atomic E-state index is 0.574. The molecule has 2 rings (SSSR count). The average Bonchev–Trinajstić information content (AvgIpc) is 2.32. The fraction of sp³-hybridized carbons (Fsp3) is 0.857. The fourth-order valence-electron chi connectivity index (χ4n) is 3.24. The molecule has 3 heteroatoms. The van der Waals surface area contributed by atoms with Gasteiger partial charge in [-0.1, -0.05) is 37.4 Å². The second kappa shape index (κ2) is 6.21. The SMILES string of the molecule is C=C(Cl)CN1CC(C2CCCCC2)NCC1C. The molecule has 2 aliphatic rings. The van der Waals surface area contributed by atoms with E-state index in [0.717, 1.165) is 30.6 Å². The van der Waals surface area contributed by atoms with Crippen molar-refractivity contribution in [2.75, 3.05) is 19.6 Å². The summed E-state index contributed by atoms with van der Waals surface area (Å²) < 4.78 is 0. The summed E-state index contributed by atoms with van der Waals surface area (Å²) >= 11 is 5.95. The van der Waals surface area contributed by atoms with Crippen molar-refractivity contribution in [3.63, 3.8) is 0 Å². The summed E-state index contributed by atoms with van der Waals surface area (Å²) in [5.41, 5.74) is 0. The zero-order valence-electron chi connectivity index (χ0n) is 10.9. The lowest BCUT2D eigenvalue weighted by Crippen LogP contribution is -2.58. The molecule has 1 aliphatic heterocycles. The molecule has 0 aromatic heterocycles. The van der Waals surface area contributed by atoms with Crippen LogP contribution in [-0.2, 0) is 0 Å². The van der Waals surface area contributed by atoms with Crippen molar-refractivity contribution in [2.45, 2.75) is 51.1 Å². The molecule has 1 N–H and O–H groups in total. The molecule has 0 aromatic rings. The second-order valence-corrected chi connectivity index (χ2v) is 6.24. The summed E-state index contributed by atoms with van der Waals surface area (Å²) in [5, 5.41) is 4.49. The van der Waals surface area contributed by atoms with Crippen LogP contribution in [0.25, 0.3) is 0 Å². The molecule has 0 aromatic carbocycles. The highest BCUT2D eigenvalue weighted by Gasteiger charge is 2.30. The molecule has 2 fully saturated rings. The smallest absolute Gasteiger partial charge is 0.0339 e. The fourth-order valence-corrected chi connectivity index (χ4v) is 3.39. The van der Waals surface area contributed by atoms with Gasteiger partial charge in [-0.3, -0.25) is 4.90 Å². The molecule has 0 radical (unpaired) electrons. The maximum absolute atomic E-state index is 5.95. The van der Waals surface area contributed by atoms with Gasteiger partial charge in [-0.05, 0) is 25.7 Å². The van der Waals surface area contributed by atoms with Crippen molar-refractivity contribution in [3.05, 3.63) is 11.6 Å². The van der Waals surface area contributed by atoms with Crippen molar-refractivity contribution >= 4 is 11.6 Å². The van der Waals surface area contributed by atoms with E-state index in [0.29, 0.717) is 12.1 Å². The third-order valence-electron chi connectivity index (χ3n) is 4.32. The van der Waals surface area contributed by atoms with Crippen molar-refractivity contribution in [2.24, 2.45) is 5.92 Å². The van der Waals surface area contributed by atoms with Crippen LogP contribution in [0.15, 0.2) is 11.6 Å². The highest BCUT2D eigenvalue weighted by molar-refractivity contribution is 6.29. The molecule has 0 spiro atoms. The first-order chi connectivity index (χ1) is 8.16. The number of piperazine rings is 1. The monoisotopic (exact) mass is 256 g/mol. The van der Waals surface area contributed by atoms with E-state index in [9.17, 15) is 0 Å². The number of halogens is 1. The number of hydrogen-bond donors (Lipinski definition) is 1. The Bertz CT molecular complexity index is 261. The quantitative estimate of drug-likeness (QED) is 0.835. The predicted octanol–water partition coefficient (Wildman–Crippen LogP) is 2.98. The van der Waals surface area contributed by atoms with E-state index < -0.39 is 0 Å². The van der Waals surface area contributed by atoms with E-state index >= 15 is 0 Å². The summed E-state index contributed by atoms with van der Waals surface area (Å²) in [4.78, 5) is 2.48. The summed E-state index contributed by atoms with van der Waals surface area (Å²) in [6.07, 6.45) is 7.08. The Kier molecular flexibility index (Phi) is 4.89.